The summed E-state index contributed by atoms with van der Waals surface area (Å²) in [6, 6.07) is 0. The van der Waals surface area contributed by atoms with E-state index in [0.29, 0.717) is 11.7 Å². The van der Waals surface area contributed by atoms with Crippen molar-refractivity contribution in [3.05, 3.63) is 17.5 Å². The molecule has 0 aliphatic heterocycles. The minimum atomic E-state index is -0.794. The minimum absolute atomic E-state index is 0.114. The Morgan fingerprint density at radius 2 is 2.43 bits per heavy atom. The number of rotatable bonds is 5. The van der Waals surface area contributed by atoms with Crippen molar-refractivity contribution in [2.24, 2.45) is 0 Å². The van der Waals surface area contributed by atoms with Crippen LogP contribution in [-0.4, -0.2) is 22.0 Å². The summed E-state index contributed by atoms with van der Waals surface area (Å²) in [5, 5.41) is 12.3. The van der Waals surface area contributed by atoms with Gasteiger partial charge in [-0.3, -0.25) is 4.79 Å². The summed E-state index contributed by atoms with van der Waals surface area (Å²) in [6.07, 6.45) is 1.59. The van der Waals surface area contributed by atoms with E-state index >= 15 is 0 Å². The summed E-state index contributed by atoms with van der Waals surface area (Å²) in [5.74, 6) is 0.276. The third-order valence-electron chi connectivity index (χ3n) is 1.70. The predicted octanol–water partition coefficient (Wildman–Crippen LogP) is 2.12. The number of hydrogen-bond acceptors (Lipinski definition) is 4. The molecule has 0 saturated carbocycles. The van der Waals surface area contributed by atoms with E-state index in [4.69, 9.17) is 9.63 Å². The molecule has 0 bridgehead atoms. The molecule has 0 aliphatic rings. The van der Waals surface area contributed by atoms with Crippen LogP contribution in [0.25, 0.3) is 0 Å². The monoisotopic (exact) mass is 215 g/mol. The number of carbonyl (C=O) groups is 1. The van der Waals surface area contributed by atoms with Crippen LogP contribution in [0.15, 0.2) is 10.8 Å². The molecule has 0 radical (unpaired) electrons. The molecule has 0 saturated heterocycles. The first-order chi connectivity index (χ1) is 6.61. The Kier molecular flexibility index (Phi) is 4.00. The second kappa shape index (κ2) is 5.05. The van der Waals surface area contributed by atoms with Gasteiger partial charge in [-0.25, -0.2) is 0 Å². The Balaban J connectivity index is 2.50. The summed E-state index contributed by atoms with van der Waals surface area (Å²) in [4.78, 5) is 10.3. The van der Waals surface area contributed by atoms with E-state index in [1.54, 1.807) is 6.26 Å². The summed E-state index contributed by atoms with van der Waals surface area (Å²) in [6.45, 7) is 4.06. The van der Waals surface area contributed by atoms with Crippen LogP contribution in [0, 0.1) is 0 Å². The lowest BCUT2D eigenvalue weighted by atomic mass is 10.1. The van der Waals surface area contributed by atoms with Gasteiger partial charge < -0.3 is 9.63 Å². The largest absolute Gasteiger partial charge is 0.481 e. The van der Waals surface area contributed by atoms with Gasteiger partial charge >= 0.3 is 5.97 Å². The highest BCUT2D eigenvalue weighted by Crippen LogP contribution is 2.21. The van der Waals surface area contributed by atoms with Crippen molar-refractivity contribution in [2.45, 2.75) is 25.5 Å². The molecule has 0 amide bonds. The van der Waals surface area contributed by atoms with Gasteiger partial charge in [-0.1, -0.05) is 19.0 Å². The first kappa shape index (κ1) is 11.1. The molecule has 4 nitrogen and oxygen atoms in total. The standard InChI is InChI=1S/C9H13NO3S/c1-6(2)9-7(3-13-10-9)4-14-5-8(11)12/h3,6H,4-5H2,1-2H3,(H,11,12). The Labute approximate surface area is 86.7 Å². The second-order valence-corrected chi connectivity index (χ2v) is 4.25. The maximum Gasteiger partial charge on any atom is 0.313 e. The molecular formula is C9H13NO3S. The molecular weight excluding hydrogens is 202 g/mol. The second-order valence-electron chi connectivity index (χ2n) is 3.27. The number of nitrogens with zero attached hydrogens (tertiary/aromatic N) is 1. The van der Waals surface area contributed by atoms with Crippen LogP contribution >= 0.6 is 11.8 Å². The van der Waals surface area contributed by atoms with E-state index in [9.17, 15) is 4.79 Å². The quantitative estimate of drug-likeness (QED) is 0.815. The van der Waals surface area contributed by atoms with Crippen molar-refractivity contribution in [1.82, 2.24) is 5.16 Å². The normalized spacial score (nSPS) is 10.8. The lowest BCUT2D eigenvalue weighted by molar-refractivity contribution is -0.133. The highest BCUT2D eigenvalue weighted by molar-refractivity contribution is 7.99. The number of carboxylic acids is 1. The summed E-state index contributed by atoms with van der Waals surface area (Å²) < 4.78 is 4.85. The lowest BCUT2D eigenvalue weighted by Gasteiger charge is -2.02. The molecule has 1 N–H and O–H groups in total. The molecule has 1 aromatic rings. The zero-order valence-electron chi connectivity index (χ0n) is 8.19. The predicted molar refractivity (Wildman–Crippen MR) is 54.4 cm³/mol. The van der Waals surface area contributed by atoms with Crippen LogP contribution < -0.4 is 0 Å². The smallest absolute Gasteiger partial charge is 0.313 e. The van der Waals surface area contributed by atoms with Crippen LogP contribution in [0.5, 0.6) is 0 Å². The van der Waals surface area contributed by atoms with E-state index in [0.717, 1.165) is 11.3 Å². The molecule has 0 atom stereocenters. The maximum atomic E-state index is 10.3. The average molecular weight is 215 g/mol. The van der Waals surface area contributed by atoms with Crippen molar-refractivity contribution >= 4 is 17.7 Å². The molecule has 1 aromatic heterocycles. The van der Waals surface area contributed by atoms with Gasteiger partial charge in [0.2, 0.25) is 0 Å². The van der Waals surface area contributed by atoms with E-state index in [-0.39, 0.29) is 5.75 Å². The Morgan fingerprint density at radius 3 is 3.00 bits per heavy atom. The molecule has 1 rings (SSSR count). The van der Waals surface area contributed by atoms with Crippen LogP contribution in [0.3, 0.4) is 0 Å². The van der Waals surface area contributed by atoms with E-state index in [2.05, 4.69) is 5.16 Å². The highest BCUT2D eigenvalue weighted by Gasteiger charge is 2.11. The molecule has 5 heteroatoms. The van der Waals surface area contributed by atoms with Gasteiger partial charge in [-0.05, 0) is 5.92 Å². The van der Waals surface area contributed by atoms with Crippen LogP contribution in [0.4, 0.5) is 0 Å². The summed E-state index contributed by atoms with van der Waals surface area (Å²) >= 11 is 1.35. The topological polar surface area (TPSA) is 63.3 Å². The highest BCUT2D eigenvalue weighted by atomic mass is 32.2. The average Bonchev–Trinajstić information content (AvgIpc) is 2.51. The maximum absolute atomic E-state index is 10.3. The third kappa shape index (κ3) is 3.06. The molecule has 0 unspecified atom stereocenters. The molecule has 0 fully saturated rings. The van der Waals surface area contributed by atoms with Gasteiger partial charge in [-0.15, -0.1) is 11.8 Å². The molecule has 0 aliphatic carbocycles. The molecule has 1 heterocycles. The Morgan fingerprint density at radius 1 is 1.71 bits per heavy atom. The van der Waals surface area contributed by atoms with Gasteiger partial charge in [0.05, 0.1) is 11.4 Å². The van der Waals surface area contributed by atoms with E-state index in [1.165, 1.54) is 11.8 Å². The number of carboxylic acid groups (broad SMARTS) is 1. The number of aromatic nitrogens is 1. The SMILES string of the molecule is CC(C)c1nocc1CSCC(=O)O. The van der Waals surface area contributed by atoms with Crippen LogP contribution in [-0.2, 0) is 10.5 Å². The Bertz CT molecular complexity index is 309. The molecule has 0 spiro atoms. The van der Waals surface area contributed by atoms with Crippen LogP contribution in [0.1, 0.15) is 31.0 Å². The number of hydrogen-bond donors (Lipinski definition) is 1. The van der Waals surface area contributed by atoms with Crippen molar-refractivity contribution < 1.29 is 14.4 Å². The fourth-order valence-corrected chi connectivity index (χ4v) is 1.81. The first-order valence-electron chi connectivity index (χ1n) is 4.34. The van der Waals surface area contributed by atoms with E-state index in [1.807, 2.05) is 13.8 Å². The van der Waals surface area contributed by atoms with Crippen molar-refractivity contribution in [3.63, 3.8) is 0 Å². The zero-order valence-corrected chi connectivity index (χ0v) is 9.00. The summed E-state index contributed by atoms with van der Waals surface area (Å²) in [5.41, 5.74) is 1.91. The van der Waals surface area contributed by atoms with Gasteiger partial charge in [0, 0.05) is 11.3 Å². The lowest BCUT2D eigenvalue weighted by Crippen LogP contribution is -1.99. The van der Waals surface area contributed by atoms with E-state index < -0.39 is 5.97 Å². The zero-order chi connectivity index (χ0) is 10.6. The number of thioether (sulfide) groups is 1. The van der Waals surface area contributed by atoms with Gasteiger partial charge in [0.25, 0.3) is 0 Å². The fraction of sp³-hybridized carbons (Fsp3) is 0.556. The van der Waals surface area contributed by atoms with Crippen molar-refractivity contribution in [3.8, 4) is 0 Å². The van der Waals surface area contributed by atoms with Gasteiger partial charge in [0.15, 0.2) is 0 Å². The first-order valence-corrected chi connectivity index (χ1v) is 5.49. The Hall–Kier alpha value is -0.970. The molecule has 78 valence electrons. The van der Waals surface area contributed by atoms with Gasteiger partial charge in [0.1, 0.15) is 6.26 Å². The fourth-order valence-electron chi connectivity index (χ4n) is 1.10. The van der Waals surface area contributed by atoms with Gasteiger partial charge in [-0.2, -0.15) is 0 Å². The summed E-state index contributed by atoms with van der Waals surface area (Å²) in [7, 11) is 0. The molecule has 14 heavy (non-hydrogen) atoms. The van der Waals surface area contributed by atoms with Crippen molar-refractivity contribution in [2.75, 3.05) is 5.75 Å². The third-order valence-corrected chi connectivity index (χ3v) is 2.67. The number of aliphatic carboxylic acids is 1. The van der Waals surface area contributed by atoms with Crippen LogP contribution in [0.2, 0.25) is 0 Å². The minimum Gasteiger partial charge on any atom is -0.481 e. The molecule has 0 aromatic carbocycles. The van der Waals surface area contributed by atoms with Crippen molar-refractivity contribution in [1.29, 1.82) is 0 Å².